The van der Waals surface area contributed by atoms with Crippen molar-refractivity contribution in [3.63, 3.8) is 0 Å². The molecule has 0 spiro atoms. The van der Waals surface area contributed by atoms with Gasteiger partial charge >= 0.3 is 0 Å². The van der Waals surface area contributed by atoms with E-state index in [4.69, 9.17) is 9.47 Å². The Morgan fingerprint density at radius 3 is 2.15 bits per heavy atom. The third kappa shape index (κ3) is 3.74. The molecular weight excluding hydrogens is 344 g/mol. The smallest absolute Gasteiger partial charge is 0.255 e. The molecule has 1 heterocycles. The first kappa shape index (κ1) is 16.7. The van der Waals surface area contributed by atoms with Crippen molar-refractivity contribution in [2.75, 3.05) is 17.4 Å². The summed E-state index contributed by atoms with van der Waals surface area (Å²) in [6.45, 7) is 0.176. The van der Waals surface area contributed by atoms with Gasteiger partial charge in [-0.2, -0.15) is 0 Å². The lowest BCUT2D eigenvalue weighted by molar-refractivity contribution is 0.101. The number of amides is 2. The van der Waals surface area contributed by atoms with Crippen LogP contribution >= 0.6 is 0 Å². The van der Waals surface area contributed by atoms with Crippen LogP contribution in [-0.2, 0) is 0 Å². The molecule has 3 aromatic rings. The average Bonchev–Trinajstić information content (AvgIpc) is 3.16. The predicted molar refractivity (Wildman–Crippen MR) is 101 cm³/mol. The highest BCUT2D eigenvalue weighted by atomic mass is 16.7. The van der Waals surface area contributed by atoms with Gasteiger partial charge in [0.2, 0.25) is 6.79 Å². The standard InChI is InChI=1S/C21H16N2O4/c24-20(14-5-2-1-3-6-14)22-16-8-4-7-15(11-16)21(25)23-17-9-10-18-19(12-17)27-13-26-18/h1-12H,13H2,(H,22,24)(H,23,25). The Hall–Kier alpha value is -3.80. The third-order valence-corrected chi connectivity index (χ3v) is 4.05. The molecule has 6 nitrogen and oxygen atoms in total. The molecule has 0 unspecified atom stereocenters. The van der Waals surface area contributed by atoms with Gasteiger partial charge in [0.05, 0.1) is 0 Å². The zero-order valence-electron chi connectivity index (χ0n) is 14.3. The molecule has 0 saturated carbocycles. The maximum atomic E-state index is 12.5. The van der Waals surface area contributed by atoms with Crippen LogP contribution in [0.25, 0.3) is 0 Å². The molecular formula is C21H16N2O4. The summed E-state index contributed by atoms with van der Waals surface area (Å²) in [6.07, 6.45) is 0. The molecule has 0 aliphatic carbocycles. The van der Waals surface area contributed by atoms with Crippen molar-refractivity contribution in [2.24, 2.45) is 0 Å². The summed E-state index contributed by atoms with van der Waals surface area (Å²) in [4.78, 5) is 24.8. The molecule has 1 aliphatic rings. The minimum absolute atomic E-state index is 0.176. The largest absolute Gasteiger partial charge is 0.454 e. The number of carbonyl (C=O) groups excluding carboxylic acids is 2. The molecule has 2 N–H and O–H groups in total. The van der Waals surface area contributed by atoms with Gasteiger partial charge in [0.25, 0.3) is 11.8 Å². The molecule has 6 heteroatoms. The van der Waals surface area contributed by atoms with E-state index >= 15 is 0 Å². The van der Waals surface area contributed by atoms with E-state index in [0.717, 1.165) is 0 Å². The Bertz CT molecular complexity index is 1000. The van der Waals surface area contributed by atoms with Crippen LogP contribution in [0.5, 0.6) is 11.5 Å². The van der Waals surface area contributed by atoms with Gasteiger partial charge in [-0.1, -0.05) is 24.3 Å². The van der Waals surface area contributed by atoms with Gasteiger partial charge in [0.1, 0.15) is 0 Å². The van der Waals surface area contributed by atoms with Gasteiger partial charge in [0.15, 0.2) is 11.5 Å². The second kappa shape index (κ2) is 7.21. The lowest BCUT2D eigenvalue weighted by Gasteiger charge is -2.09. The summed E-state index contributed by atoms with van der Waals surface area (Å²) in [5.74, 6) is 0.726. The quantitative estimate of drug-likeness (QED) is 0.739. The molecule has 0 atom stereocenters. The number of rotatable bonds is 4. The van der Waals surface area contributed by atoms with Crippen LogP contribution in [0.3, 0.4) is 0 Å². The summed E-state index contributed by atoms with van der Waals surface area (Å²) < 4.78 is 10.6. The molecule has 0 aromatic heterocycles. The lowest BCUT2D eigenvalue weighted by Crippen LogP contribution is -2.14. The number of ether oxygens (including phenoxy) is 2. The normalized spacial score (nSPS) is 11.7. The van der Waals surface area contributed by atoms with Crippen LogP contribution in [0.15, 0.2) is 72.8 Å². The van der Waals surface area contributed by atoms with Crippen molar-refractivity contribution < 1.29 is 19.1 Å². The summed E-state index contributed by atoms with van der Waals surface area (Å²) in [5, 5.41) is 5.61. The van der Waals surface area contributed by atoms with E-state index in [1.54, 1.807) is 66.7 Å². The molecule has 0 fully saturated rings. The first-order chi connectivity index (χ1) is 13.2. The van der Waals surface area contributed by atoms with E-state index in [0.29, 0.717) is 34.0 Å². The maximum absolute atomic E-state index is 12.5. The number of hydrogen-bond acceptors (Lipinski definition) is 4. The van der Waals surface area contributed by atoms with Crippen molar-refractivity contribution in [3.8, 4) is 11.5 Å². The molecule has 134 valence electrons. The van der Waals surface area contributed by atoms with Crippen LogP contribution in [0, 0.1) is 0 Å². The summed E-state index contributed by atoms with van der Waals surface area (Å²) >= 11 is 0. The van der Waals surface area contributed by atoms with Crippen LogP contribution in [-0.4, -0.2) is 18.6 Å². The zero-order valence-corrected chi connectivity index (χ0v) is 14.3. The van der Waals surface area contributed by atoms with E-state index < -0.39 is 0 Å². The predicted octanol–water partition coefficient (Wildman–Crippen LogP) is 3.92. The van der Waals surface area contributed by atoms with Gasteiger partial charge < -0.3 is 20.1 Å². The van der Waals surface area contributed by atoms with Crippen LogP contribution in [0.1, 0.15) is 20.7 Å². The zero-order chi connectivity index (χ0) is 18.6. The van der Waals surface area contributed by atoms with E-state index in [2.05, 4.69) is 10.6 Å². The van der Waals surface area contributed by atoms with Crippen LogP contribution in [0.2, 0.25) is 0 Å². The average molecular weight is 360 g/mol. The number of hydrogen-bond donors (Lipinski definition) is 2. The van der Waals surface area contributed by atoms with Gasteiger partial charge in [0, 0.05) is 28.6 Å². The second-order valence-corrected chi connectivity index (χ2v) is 5.92. The molecule has 4 rings (SSSR count). The second-order valence-electron chi connectivity index (χ2n) is 5.92. The highest BCUT2D eigenvalue weighted by molar-refractivity contribution is 6.07. The van der Waals surface area contributed by atoms with Crippen molar-refractivity contribution >= 4 is 23.2 Å². The Morgan fingerprint density at radius 1 is 0.667 bits per heavy atom. The highest BCUT2D eigenvalue weighted by Gasteiger charge is 2.15. The van der Waals surface area contributed by atoms with E-state index in [1.807, 2.05) is 6.07 Å². The first-order valence-corrected chi connectivity index (χ1v) is 8.36. The van der Waals surface area contributed by atoms with Gasteiger partial charge in [-0.15, -0.1) is 0 Å². The minimum atomic E-state index is -0.287. The highest BCUT2D eigenvalue weighted by Crippen LogP contribution is 2.34. The molecule has 1 aliphatic heterocycles. The fraction of sp³-hybridized carbons (Fsp3) is 0.0476. The summed E-state index contributed by atoms with van der Waals surface area (Å²) in [7, 11) is 0. The topological polar surface area (TPSA) is 76.7 Å². The van der Waals surface area contributed by atoms with Crippen molar-refractivity contribution in [1.82, 2.24) is 0 Å². The molecule has 0 radical (unpaired) electrons. The Balaban J connectivity index is 1.47. The summed E-state index contributed by atoms with van der Waals surface area (Å²) in [5.41, 5.74) is 2.12. The number of benzene rings is 3. The fourth-order valence-corrected chi connectivity index (χ4v) is 2.71. The van der Waals surface area contributed by atoms with Crippen LogP contribution in [0.4, 0.5) is 11.4 Å². The van der Waals surface area contributed by atoms with Crippen molar-refractivity contribution in [3.05, 3.63) is 83.9 Å². The minimum Gasteiger partial charge on any atom is -0.454 e. The number of fused-ring (bicyclic) bond motifs is 1. The molecule has 0 saturated heterocycles. The number of anilines is 2. The Kier molecular flexibility index (Phi) is 4.45. The van der Waals surface area contributed by atoms with Crippen LogP contribution < -0.4 is 20.1 Å². The van der Waals surface area contributed by atoms with Gasteiger partial charge in [-0.05, 0) is 42.5 Å². The molecule has 3 aromatic carbocycles. The number of carbonyl (C=O) groups is 2. The van der Waals surface area contributed by atoms with Crippen molar-refractivity contribution in [2.45, 2.75) is 0 Å². The van der Waals surface area contributed by atoms with Gasteiger partial charge in [-0.25, -0.2) is 0 Å². The van der Waals surface area contributed by atoms with Crippen molar-refractivity contribution in [1.29, 1.82) is 0 Å². The van der Waals surface area contributed by atoms with Gasteiger partial charge in [-0.3, -0.25) is 9.59 Å². The Morgan fingerprint density at radius 2 is 1.33 bits per heavy atom. The van der Waals surface area contributed by atoms with E-state index in [1.165, 1.54) is 0 Å². The Labute approximate surface area is 155 Å². The third-order valence-electron chi connectivity index (χ3n) is 4.05. The monoisotopic (exact) mass is 360 g/mol. The number of nitrogens with one attached hydrogen (secondary N) is 2. The molecule has 27 heavy (non-hydrogen) atoms. The fourth-order valence-electron chi connectivity index (χ4n) is 2.71. The molecule has 2 amide bonds. The maximum Gasteiger partial charge on any atom is 0.255 e. The molecule has 0 bridgehead atoms. The van der Waals surface area contributed by atoms with E-state index in [9.17, 15) is 9.59 Å². The lowest BCUT2D eigenvalue weighted by atomic mass is 10.1. The SMILES string of the molecule is O=C(Nc1cccc(C(=O)Nc2ccc3c(c2)OCO3)c1)c1ccccc1. The first-order valence-electron chi connectivity index (χ1n) is 8.36. The van der Waals surface area contributed by atoms with E-state index in [-0.39, 0.29) is 18.6 Å². The summed E-state index contributed by atoms with van der Waals surface area (Å²) in [6, 6.07) is 20.8.